The number of amides is 2. The van der Waals surface area contributed by atoms with Gasteiger partial charge < -0.3 is 20.5 Å². The van der Waals surface area contributed by atoms with Gasteiger partial charge in [0.15, 0.2) is 0 Å². The maximum Gasteiger partial charge on any atom is 1.00 e. The monoisotopic (exact) mass is 326 g/mol. The fourth-order valence-corrected chi connectivity index (χ4v) is 2.27. The number of rotatable bonds is 12. The minimum atomic E-state index is -1.23. The standard InChI is InChI=1S/C14H28N2O3S.Na/c1-3-4-5-6-7-8-10-15-14(19)16-12(13(17)18)9-11-20-2;/h12H,3-11H2,1-2H3,(H,17,18)(H2,15,16,19);/q;+1/p-1/t12-;/m0./s1. The number of aliphatic carboxylic acids is 1. The van der Waals surface area contributed by atoms with Crippen LogP contribution >= 0.6 is 11.8 Å². The van der Waals surface area contributed by atoms with Crippen molar-refractivity contribution in [2.75, 3.05) is 18.6 Å². The van der Waals surface area contributed by atoms with Gasteiger partial charge in [-0.1, -0.05) is 39.0 Å². The molecule has 0 radical (unpaired) electrons. The number of thioether (sulfide) groups is 1. The summed E-state index contributed by atoms with van der Waals surface area (Å²) in [5.41, 5.74) is 0. The SMILES string of the molecule is CCCCCCCCNC(=O)N[C@@H](CCSC)C(=O)[O-].[Na+]. The van der Waals surface area contributed by atoms with Crippen LogP contribution in [0, 0.1) is 0 Å². The molecule has 0 bridgehead atoms. The molecule has 0 rings (SSSR count). The number of urea groups is 1. The first-order chi connectivity index (χ1) is 9.61. The topological polar surface area (TPSA) is 81.3 Å². The van der Waals surface area contributed by atoms with Crippen molar-refractivity contribution in [3.8, 4) is 0 Å². The van der Waals surface area contributed by atoms with Gasteiger partial charge in [-0.25, -0.2) is 4.79 Å². The first kappa shape index (κ1) is 23.4. The summed E-state index contributed by atoms with van der Waals surface area (Å²) >= 11 is 1.54. The molecule has 7 heteroatoms. The predicted molar refractivity (Wildman–Crippen MR) is 81.7 cm³/mol. The van der Waals surface area contributed by atoms with E-state index in [0.717, 1.165) is 12.8 Å². The van der Waals surface area contributed by atoms with E-state index in [-0.39, 0.29) is 29.6 Å². The minimum Gasteiger partial charge on any atom is -0.548 e. The van der Waals surface area contributed by atoms with Crippen LogP contribution in [0.2, 0.25) is 0 Å². The van der Waals surface area contributed by atoms with Crippen molar-refractivity contribution in [3.63, 3.8) is 0 Å². The summed E-state index contributed by atoms with van der Waals surface area (Å²) in [6, 6.07) is -1.33. The number of carbonyl (C=O) groups is 2. The van der Waals surface area contributed by atoms with E-state index in [1.165, 1.54) is 25.7 Å². The molecular weight excluding hydrogens is 299 g/mol. The molecule has 0 saturated carbocycles. The van der Waals surface area contributed by atoms with Crippen LogP contribution in [0.4, 0.5) is 4.79 Å². The number of hydrogen-bond donors (Lipinski definition) is 2. The number of nitrogens with one attached hydrogen (secondary N) is 2. The Bertz CT molecular complexity index is 281. The number of carboxylic acid groups (broad SMARTS) is 1. The van der Waals surface area contributed by atoms with Crippen molar-refractivity contribution < 1.29 is 44.3 Å². The van der Waals surface area contributed by atoms with E-state index < -0.39 is 18.0 Å². The number of carboxylic acids is 1. The van der Waals surface area contributed by atoms with Gasteiger partial charge in [-0.2, -0.15) is 11.8 Å². The number of unbranched alkanes of at least 4 members (excludes halogenated alkanes) is 5. The Morgan fingerprint density at radius 1 is 1.14 bits per heavy atom. The van der Waals surface area contributed by atoms with E-state index in [9.17, 15) is 14.7 Å². The molecule has 0 fully saturated rings. The fraction of sp³-hybridized carbons (Fsp3) is 0.857. The van der Waals surface area contributed by atoms with Crippen LogP contribution in [0.25, 0.3) is 0 Å². The molecule has 0 aromatic rings. The minimum absolute atomic E-state index is 0. The Labute approximate surface area is 154 Å². The Morgan fingerprint density at radius 2 is 1.76 bits per heavy atom. The third-order valence-electron chi connectivity index (χ3n) is 3.02. The van der Waals surface area contributed by atoms with Crippen molar-refractivity contribution >= 4 is 23.8 Å². The smallest absolute Gasteiger partial charge is 0.548 e. The first-order valence-electron chi connectivity index (χ1n) is 7.36. The molecular formula is C14H27N2NaO3S. The van der Waals surface area contributed by atoms with Crippen LogP contribution in [0.5, 0.6) is 0 Å². The largest absolute Gasteiger partial charge is 1.00 e. The van der Waals surface area contributed by atoms with Crippen molar-refractivity contribution in [2.45, 2.75) is 57.9 Å². The maximum absolute atomic E-state index is 11.5. The van der Waals surface area contributed by atoms with Crippen LogP contribution in [-0.2, 0) is 4.79 Å². The van der Waals surface area contributed by atoms with Gasteiger partial charge in [-0.3, -0.25) is 0 Å². The van der Waals surface area contributed by atoms with Gasteiger partial charge in [0.2, 0.25) is 0 Å². The van der Waals surface area contributed by atoms with E-state index in [1.54, 1.807) is 11.8 Å². The zero-order valence-electron chi connectivity index (χ0n) is 13.6. The van der Waals surface area contributed by atoms with Crippen LogP contribution in [0.3, 0.4) is 0 Å². The molecule has 0 spiro atoms. The van der Waals surface area contributed by atoms with E-state index >= 15 is 0 Å². The predicted octanol–water partition coefficient (Wildman–Crippen LogP) is -1.48. The molecule has 0 aromatic heterocycles. The van der Waals surface area contributed by atoms with E-state index in [2.05, 4.69) is 17.6 Å². The van der Waals surface area contributed by atoms with Gasteiger partial charge in [0.25, 0.3) is 0 Å². The van der Waals surface area contributed by atoms with Crippen molar-refractivity contribution in [2.24, 2.45) is 0 Å². The second kappa shape index (κ2) is 16.5. The summed E-state index contributed by atoms with van der Waals surface area (Å²) < 4.78 is 0. The molecule has 0 aromatic carbocycles. The molecule has 0 aliphatic carbocycles. The Balaban J connectivity index is 0. The van der Waals surface area contributed by atoms with Gasteiger partial charge in [-0.15, -0.1) is 0 Å². The van der Waals surface area contributed by atoms with Gasteiger partial charge in [0, 0.05) is 6.54 Å². The molecule has 1 atom stereocenters. The third kappa shape index (κ3) is 14.8. The summed E-state index contributed by atoms with van der Waals surface area (Å²) in [5.74, 6) is -0.551. The van der Waals surface area contributed by atoms with Crippen LogP contribution in [0.1, 0.15) is 51.9 Å². The Hall–Kier alpha value is 0.0900. The molecule has 0 saturated heterocycles. The van der Waals surface area contributed by atoms with Gasteiger partial charge >= 0.3 is 35.6 Å². The Morgan fingerprint density at radius 3 is 2.33 bits per heavy atom. The molecule has 118 valence electrons. The molecule has 2 N–H and O–H groups in total. The van der Waals surface area contributed by atoms with Crippen LogP contribution in [0.15, 0.2) is 0 Å². The number of hydrogen-bond acceptors (Lipinski definition) is 4. The van der Waals surface area contributed by atoms with Crippen molar-refractivity contribution in [1.82, 2.24) is 10.6 Å². The average Bonchev–Trinajstić information content (AvgIpc) is 2.42. The molecule has 5 nitrogen and oxygen atoms in total. The van der Waals surface area contributed by atoms with Crippen LogP contribution < -0.4 is 45.3 Å². The van der Waals surface area contributed by atoms with Gasteiger partial charge in [0.05, 0.1) is 12.0 Å². The zero-order valence-corrected chi connectivity index (χ0v) is 16.4. The second-order valence-corrected chi connectivity index (χ2v) is 5.81. The molecule has 2 amide bonds. The molecule has 21 heavy (non-hydrogen) atoms. The average molecular weight is 326 g/mol. The van der Waals surface area contributed by atoms with Gasteiger partial charge in [-0.05, 0) is 24.9 Å². The third-order valence-corrected chi connectivity index (χ3v) is 3.66. The van der Waals surface area contributed by atoms with E-state index in [0.29, 0.717) is 18.7 Å². The van der Waals surface area contributed by atoms with Crippen LogP contribution in [-0.4, -0.2) is 36.6 Å². The maximum atomic E-state index is 11.5. The van der Waals surface area contributed by atoms with Crippen molar-refractivity contribution in [1.29, 1.82) is 0 Å². The molecule has 0 unspecified atom stereocenters. The number of carbonyl (C=O) groups excluding carboxylic acids is 2. The summed E-state index contributed by atoms with van der Waals surface area (Å²) in [7, 11) is 0. The van der Waals surface area contributed by atoms with E-state index in [1.807, 2.05) is 6.26 Å². The summed E-state index contributed by atoms with van der Waals surface area (Å²) in [4.78, 5) is 22.4. The summed E-state index contributed by atoms with van der Waals surface area (Å²) in [5, 5.41) is 16.0. The normalized spacial score (nSPS) is 11.3. The van der Waals surface area contributed by atoms with Gasteiger partial charge in [0.1, 0.15) is 0 Å². The summed E-state index contributed by atoms with van der Waals surface area (Å²) in [6.07, 6.45) is 9.21. The quantitative estimate of drug-likeness (QED) is 0.339. The first-order valence-corrected chi connectivity index (χ1v) is 8.75. The Kier molecular flexibility index (Phi) is 18.3. The molecule has 0 heterocycles. The zero-order chi connectivity index (χ0) is 15.2. The summed E-state index contributed by atoms with van der Waals surface area (Å²) in [6.45, 7) is 2.76. The fourth-order valence-electron chi connectivity index (χ4n) is 1.80. The molecule has 0 aliphatic rings. The van der Waals surface area contributed by atoms with Crippen molar-refractivity contribution in [3.05, 3.63) is 0 Å². The van der Waals surface area contributed by atoms with E-state index in [4.69, 9.17) is 0 Å². The second-order valence-electron chi connectivity index (χ2n) is 4.82. The molecule has 0 aliphatic heterocycles.